The number of rotatable bonds is 6. The summed E-state index contributed by atoms with van der Waals surface area (Å²) in [6, 6.07) is 8.79. The number of pyridine rings is 1. The third kappa shape index (κ3) is 4.82. The van der Waals surface area contributed by atoms with Gasteiger partial charge < -0.3 is 19.7 Å². The van der Waals surface area contributed by atoms with Crippen LogP contribution < -0.4 is 10.9 Å². The number of aliphatic hydroxyl groups is 1. The number of benzene rings is 1. The average Bonchev–Trinajstić information content (AvgIpc) is 2.79. The van der Waals surface area contributed by atoms with Gasteiger partial charge >= 0.3 is 0 Å². The Hall–Kier alpha value is -2.81. The number of nitrogens with zero attached hydrogens (tertiary/aromatic N) is 3. The molecule has 168 valence electrons. The fraction of sp³-hybridized carbons (Fsp3) is 0.348. The lowest BCUT2D eigenvalue weighted by atomic mass is 10.1. The highest BCUT2D eigenvalue weighted by Crippen LogP contribution is 2.25. The van der Waals surface area contributed by atoms with Crippen molar-refractivity contribution in [1.82, 2.24) is 14.5 Å². The van der Waals surface area contributed by atoms with Crippen LogP contribution >= 0.6 is 11.6 Å². The highest BCUT2D eigenvalue weighted by atomic mass is 35.5. The van der Waals surface area contributed by atoms with Gasteiger partial charge in [0, 0.05) is 42.8 Å². The highest BCUT2D eigenvalue weighted by Gasteiger charge is 2.19. The first kappa shape index (κ1) is 22.4. The average molecular weight is 459 g/mol. The molecule has 7 nitrogen and oxygen atoms in total. The fourth-order valence-corrected chi connectivity index (χ4v) is 4.05. The van der Waals surface area contributed by atoms with Gasteiger partial charge in [-0.25, -0.2) is 14.4 Å². The number of hydrogen-bond acceptors (Lipinski definition) is 6. The molecule has 1 atom stereocenters. The zero-order valence-electron chi connectivity index (χ0n) is 17.6. The molecule has 1 saturated heterocycles. The molecule has 0 radical (unpaired) electrons. The second-order valence-electron chi connectivity index (χ2n) is 7.76. The van der Waals surface area contributed by atoms with Crippen molar-refractivity contribution < 1.29 is 14.2 Å². The van der Waals surface area contributed by atoms with Crippen molar-refractivity contribution >= 4 is 17.5 Å². The number of ether oxygens (including phenoxy) is 1. The highest BCUT2D eigenvalue weighted by molar-refractivity contribution is 6.30. The van der Waals surface area contributed by atoms with Gasteiger partial charge in [-0.1, -0.05) is 17.7 Å². The van der Waals surface area contributed by atoms with Crippen molar-refractivity contribution in [2.24, 2.45) is 0 Å². The van der Waals surface area contributed by atoms with Crippen LogP contribution in [0.15, 0.2) is 47.4 Å². The number of aryl methyl sites for hydroxylation is 1. The quantitative estimate of drug-likeness (QED) is 0.587. The normalized spacial score (nSPS) is 15.5. The van der Waals surface area contributed by atoms with E-state index < -0.39 is 11.9 Å². The van der Waals surface area contributed by atoms with Crippen LogP contribution in [0.1, 0.15) is 30.1 Å². The Kier molecular flexibility index (Phi) is 6.83. The number of aromatic nitrogens is 3. The molecule has 9 heteroatoms. The Bertz CT molecular complexity index is 1160. The molecule has 0 aliphatic carbocycles. The summed E-state index contributed by atoms with van der Waals surface area (Å²) in [5.41, 5.74) is 1.99. The molecular formula is C23H24ClFN4O3. The third-order valence-electron chi connectivity index (χ3n) is 5.58. The van der Waals surface area contributed by atoms with Crippen LogP contribution in [0.2, 0.25) is 5.02 Å². The Morgan fingerprint density at radius 3 is 2.75 bits per heavy atom. The van der Waals surface area contributed by atoms with E-state index in [0.29, 0.717) is 41.7 Å². The summed E-state index contributed by atoms with van der Waals surface area (Å²) in [6.45, 7) is 2.81. The van der Waals surface area contributed by atoms with Crippen LogP contribution in [-0.2, 0) is 4.74 Å². The summed E-state index contributed by atoms with van der Waals surface area (Å²) >= 11 is 5.77. The van der Waals surface area contributed by atoms with Crippen LogP contribution in [-0.4, -0.2) is 45.5 Å². The first-order valence-corrected chi connectivity index (χ1v) is 10.8. The Balaban J connectivity index is 1.64. The minimum absolute atomic E-state index is 0.0150. The SMILES string of the molecule is Cc1cc(-c2ccnc(NC3CCOCC3)n2)cc(=O)n1C(CO)c1ccc(Cl)c(F)c1. The third-order valence-corrected chi connectivity index (χ3v) is 5.89. The summed E-state index contributed by atoms with van der Waals surface area (Å²) in [4.78, 5) is 21.9. The molecule has 0 amide bonds. The van der Waals surface area contributed by atoms with Crippen LogP contribution in [0.3, 0.4) is 0 Å². The molecule has 1 aromatic carbocycles. The monoisotopic (exact) mass is 458 g/mol. The largest absolute Gasteiger partial charge is 0.394 e. The molecule has 2 N–H and O–H groups in total. The van der Waals surface area contributed by atoms with E-state index in [9.17, 15) is 14.3 Å². The number of anilines is 1. The molecule has 1 aliphatic heterocycles. The van der Waals surface area contributed by atoms with Gasteiger partial charge in [-0.05, 0) is 49.6 Å². The molecule has 0 saturated carbocycles. The first-order valence-electron chi connectivity index (χ1n) is 10.4. The van der Waals surface area contributed by atoms with E-state index in [4.69, 9.17) is 16.3 Å². The van der Waals surface area contributed by atoms with Crippen LogP contribution in [0.5, 0.6) is 0 Å². The molecule has 32 heavy (non-hydrogen) atoms. The van der Waals surface area contributed by atoms with Crippen LogP contribution in [0.25, 0.3) is 11.3 Å². The Labute approximate surface area is 189 Å². The first-order chi connectivity index (χ1) is 15.5. The molecule has 1 fully saturated rings. The van der Waals surface area contributed by atoms with Crippen molar-refractivity contribution in [2.75, 3.05) is 25.1 Å². The van der Waals surface area contributed by atoms with Crippen LogP contribution in [0, 0.1) is 12.7 Å². The Morgan fingerprint density at radius 1 is 1.28 bits per heavy atom. The van der Waals surface area contributed by atoms with Crippen molar-refractivity contribution in [3.63, 3.8) is 0 Å². The fourth-order valence-electron chi connectivity index (χ4n) is 3.93. The number of aliphatic hydroxyl groups excluding tert-OH is 1. The lowest BCUT2D eigenvalue weighted by molar-refractivity contribution is 0.0903. The number of halogens is 2. The van der Waals surface area contributed by atoms with E-state index in [-0.39, 0.29) is 23.2 Å². The molecule has 0 bridgehead atoms. The van der Waals surface area contributed by atoms with Gasteiger partial charge in [0.25, 0.3) is 5.56 Å². The summed E-state index contributed by atoms with van der Waals surface area (Å²) in [7, 11) is 0. The van der Waals surface area contributed by atoms with E-state index in [1.165, 1.54) is 22.8 Å². The second kappa shape index (κ2) is 9.77. The van der Waals surface area contributed by atoms with Crippen LogP contribution in [0.4, 0.5) is 10.3 Å². The molecular weight excluding hydrogens is 435 g/mol. The summed E-state index contributed by atoms with van der Waals surface area (Å²) in [6.07, 6.45) is 3.42. The van der Waals surface area contributed by atoms with Gasteiger partial charge in [-0.15, -0.1) is 0 Å². The zero-order chi connectivity index (χ0) is 22.7. The summed E-state index contributed by atoms with van der Waals surface area (Å²) in [5, 5.41) is 13.3. The topological polar surface area (TPSA) is 89.3 Å². The van der Waals surface area contributed by atoms with Crippen molar-refractivity contribution in [1.29, 1.82) is 0 Å². The predicted octanol–water partition coefficient (Wildman–Crippen LogP) is 3.58. The van der Waals surface area contributed by atoms with E-state index in [0.717, 1.165) is 12.8 Å². The predicted molar refractivity (Wildman–Crippen MR) is 121 cm³/mol. The van der Waals surface area contributed by atoms with Gasteiger partial charge in [0.05, 0.1) is 23.4 Å². The number of nitrogens with one attached hydrogen (secondary N) is 1. The van der Waals surface area contributed by atoms with E-state index in [2.05, 4.69) is 15.3 Å². The van der Waals surface area contributed by atoms with Gasteiger partial charge in [-0.3, -0.25) is 4.79 Å². The van der Waals surface area contributed by atoms with Gasteiger partial charge in [0.2, 0.25) is 5.95 Å². The van der Waals surface area contributed by atoms with E-state index >= 15 is 0 Å². The second-order valence-corrected chi connectivity index (χ2v) is 8.17. The minimum atomic E-state index is -0.737. The molecule has 3 aromatic rings. The van der Waals surface area contributed by atoms with Crippen molar-refractivity contribution in [3.8, 4) is 11.3 Å². The van der Waals surface area contributed by atoms with E-state index in [1.807, 2.05) is 6.07 Å². The maximum atomic E-state index is 14.0. The molecule has 1 aliphatic rings. The van der Waals surface area contributed by atoms with Gasteiger partial charge in [0.1, 0.15) is 5.82 Å². The lowest BCUT2D eigenvalue weighted by Gasteiger charge is -2.23. The molecule has 1 unspecified atom stereocenters. The molecule has 0 spiro atoms. The van der Waals surface area contributed by atoms with Gasteiger partial charge in [0.15, 0.2) is 0 Å². The molecule has 3 heterocycles. The smallest absolute Gasteiger partial charge is 0.252 e. The van der Waals surface area contributed by atoms with Crippen molar-refractivity contribution in [3.05, 3.63) is 75.0 Å². The maximum absolute atomic E-state index is 14.0. The minimum Gasteiger partial charge on any atom is -0.394 e. The lowest BCUT2D eigenvalue weighted by Crippen LogP contribution is -2.29. The zero-order valence-corrected chi connectivity index (χ0v) is 18.3. The van der Waals surface area contributed by atoms with Gasteiger partial charge in [-0.2, -0.15) is 0 Å². The molecule has 2 aromatic heterocycles. The maximum Gasteiger partial charge on any atom is 0.252 e. The summed E-state index contributed by atoms with van der Waals surface area (Å²) in [5.74, 6) is -0.100. The molecule has 4 rings (SSSR count). The summed E-state index contributed by atoms with van der Waals surface area (Å²) < 4.78 is 20.8. The van der Waals surface area contributed by atoms with E-state index in [1.54, 1.807) is 25.3 Å². The standard InChI is InChI=1S/C23H24ClFN4O3/c1-14-10-16(20-4-7-26-23(28-20)27-17-5-8-32-9-6-17)12-22(31)29(14)21(13-30)15-2-3-18(24)19(25)11-15/h2-4,7,10-12,17,21,30H,5-6,8-9,13H2,1H3,(H,26,27,28). The number of hydrogen-bond donors (Lipinski definition) is 2. The van der Waals surface area contributed by atoms with Crippen molar-refractivity contribution in [2.45, 2.75) is 31.8 Å². The Morgan fingerprint density at radius 2 is 2.06 bits per heavy atom.